The molecule has 1 unspecified atom stereocenters. The van der Waals surface area contributed by atoms with E-state index in [9.17, 15) is 4.79 Å². The zero-order valence-electron chi connectivity index (χ0n) is 12.8. The fourth-order valence-corrected chi connectivity index (χ4v) is 4.56. The molecular weight excluding hydrogens is 290 g/mol. The van der Waals surface area contributed by atoms with Crippen LogP contribution in [0.5, 0.6) is 0 Å². The van der Waals surface area contributed by atoms with Crippen LogP contribution in [0.2, 0.25) is 0 Å². The number of rotatable bonds is 4. The van der Waals surface area contributed by atoms with E-state index in [0.29, 0.717) is 11.5 Å². The van der Waals surface area contributed by atoms with Crippen molar-refractivity contribution in [2.45, 2.75) is 57.7 Å². The average molecular weight is 316 g/mol. The highest BCUT2D eigenvalue weighted by Gasteiger charge is 2.58. The van der Waals surface area contributed by atoms with Gasteiger partial charge in [0.25, 0.3) is 0 Å². The van der Waals surface area contributed by atoms with Crippen molar-refractivity contribution in [1.82, 2.24) is 4.90 Å². The van der Waals surface area contributed by atoms with Gasteiger partial charge in [-0.05, 0) is 51.0 Å². The van der Waals surface area contributed by atoms with Crippen LogP contribution in [0.4, 0.5) is 0 Å². The molecule has 120 valence electrons. The van der Waals surface area contributed by atoms with E-state index in [0.717, 1.165) is 32.4 Å². The van der Waals surface area contributed by atoms with Crippen LogP contribution in [0.15, 0.2) is 0 Å². The number of carbonyl (C=O) groups is 1. The van der Waals surface area contributed by atoms with Crippen molar-refractivity contribution in [3.63, 3.8) is 0 Å². The third-order valence-corrected chi connectivity index (χ3v) is 5.88. The molecule has 2 aliphatic carbocycles. The molecular formula is C16H26ClNO3. The molecule has 2 heterocycles. The maximum absolute atomic E-state index is 11.8. The Labute approximate surface area is 132 Å². The number of ether oxygens (including phenoxy) is 2. The van der Waals surface area contributed by atoms with E-state index in [4.69, 9.17) is 9.47 Å². The molecule has 4 nitrogen and oxygen atoms in total. The molecule has 0 N–H and O–H groups in total. The molecule has 21 heavy (non-hydrogen) atoms. The zero-order valence-corrected chi connectivity index (χ0v) is 13.6. The van der Waals surface area contributed by atoms with Gasteiger partial charge in [-0.25, -0.2) is 0 Å². The van der Waals surface area contributed by atoms with Gasteiger partial charge in [-0.3, -0.25) is 9.69 Å². The molecule has 2 spiro atoms. The first-order valence-corrected chi connectivity index (χ1v) is 8.18. The number of esters is 1. The Balaban J connectivity index is 0.00000132. The molecule has 4 fully saturated rings. The number of likely N-dealkylation sites (tertiary alicyclic amines) is 1. The highest BCUT2D eigenvalue weighted by molar-refractivity contribution is 5.85. The zero-order chi connectivity index (χ0) is 13.8. The van der Waals surface area contributed by atoms with Crippen LogP contribution in [0, 0.1) is 10.8 Å². The summed E-state index contributed by atoms with van der Waals surface area (Å²) in [6, 6.07) is 0. The number of cyclic esters (lactones) is 1. The lowest BCUT2D eigenvalue weighted by Gasteiger charge is -2.45. The van der Waals surface area contributed by atoms with Crippen LogP contribution < -0.4 is 0 Å². The summed E-state index contributed by atoms with van der Waals surface area (Å²) in [7, 11) is 0. The fourth-order valence-electron chi connectivity index (χ4n) is 4.56. The number of halogens is 1. The largest absolute Gasteiger partial charge is 0.461 e. The summed E-state index contributed by atoms with van der Waals surface area (Å²) in [6.45, 7) is 6.21. The van der Waals surface area contributed by atoms with Crippen LogP contribution in [0.1, 0.15) is 45.4 Å². The first-order chi connectivity index (χ1) is 9.63. The Morgan fingerprint density at radius 3 is 2.67 bits per heavy atom. The van der Waals surface area contributed by atoms with Gasteiger partial charge in [-0.2, -0.15) is 0 Å². The summed E-state index contributed by atoms with van der Waals surface area (Å²) < 4.78 is 11.3. The molecule has 0 bridgehead atoms. The number of hydrogen-bond acceptors (Lipinski definition) is 4. The minimum atomic E-state index is -0.0430. The monoisotopic (exact) mass is 315 g/mol. The molecule has 0 aromatic carbocycles. The van der Waals surface area contributed by atoms with Crippen molar-refractivity contribution in [2.75, 3.05) is 26.2 Å². The molecule has 2 saturated heterocycles. The second-order valence-electron chi connectivity index (χ2n) is 7.48. The molecule has 1 atom stereocenters. The summed E-state index contributed by atoms with van der Waals surface area (Å²) in [5, 5.41) is 0. The molecule has 4 aliphatic rings. The standard InChI is InChI=1S/C16H25NO3.ClH/c1-2-19-12-7-15(8-12)5-6-17(11-15)10-13-9-16(3-4-16)14(18)20-13;/h12-13H,2-11H2,1H3;1H. The molecule has 5 heteroatoms. The van der Waals surface area contributed by atoms with Gasteiger partial charge in [-0.15, -0.1) is 12.4 Å². The van der Waals surface area contributed by atoms with Gasteiger partial charge in [0.05, 0.1) is 11.5 Å². The Morgan fingerprint density at radius 1 is 1.29 bits per heavy atom. The van der Waals surface area contributed by atoms with Crippen LogP contribution >= 0.6 is 12.4 Å². The van der Waals surface area contributed by atoms with Crippen molar-refractivity contribution in [2.24, 2.45) is 10.8 Å². The van der Waals surface area contributed by atoms with Crippen molar-refractivity contribution in [3.8, 4) is 0 Å². The summed E-state index contributed by atoms with van der Waals surface area (Å²) in [5.41, 5.74) is 0.471. The second kappa shape index (κ2) is 5.39. The van der Waals surface area contributed by atoms with Crippen LogP contribution in [0.25, 0.3) is 0 Å². The molecule has 0 aromatic rings. The molecule has 2 aliphatic heterocycles. The third-order valence-electron chi connectivity index (χ3n) is 5.88. The van der Waals surface area contributed by atoms with E-state index in [1.54, 1.807) is 0 Å². The van der Waals surface area contributed by atoms with Gasteiger partial charge in [0.1, 0.15) is 6.10 Å². The number of nitrogens with zero attached hydrogens (tertiary/aromatic N) is 1. The van der Waals surface area contributed by atoms with Gasteiger partial charge in [0, 0.05) is 26.1 Å². The lowest BCUT2D eigenvalue weighted by Crippen LogP contribution is -2.45. The summed E-state index contributed by atoms with van der Waals surface area (Å²) in [5.74, 6) is 0.0801. The SMILES string of the molecule is CCOC1CC2(CCN(CC3CC4(CC4)C(=O)O3)C2)C1.Cl. The molecule has 0 radical (unpaired) electrons. The predicted octanol–water partition coefficient (Wildman–Crippen LogP) is 2.39. The van der Waals surface area contributed by atoms with Gasteiger partial charge < -0.3 is 9.47 Å². The van der Waals surface area contributed by atoms with E-state index < -0.39 is 0 Å². The van der Waals surface area contributed by atoms with E-state index in [-0.39, 0.29) is 29.9 Å². The predicted molar refractivity (Wildman–Crippen MR) is 81.6 cm³/mol. The van der Waals surface area contributed by atoms with Gasteiger partial charge in [-0.1, -0.05) is 0 Å². The van der Waals surface area contributed by atoms with Crippen molar-refractivity contribution in [1.29, 1.82) is 0 Å². The average Bonchev–Trinajstić information content (AvgIpc) is 2.92. The van der Waals surface area contributed by atoms with Crippen LogP contribution in [-0.4, -0.2) is 49.3 Å². The van der Waals surface area contributed by atoms with Crippen molar-refractivity contribution >= 4 is 18.4 Å². The summed E-state index contributed by atoms with van der Waals surface area (Å²) in [6.07, 6.45) is 7.49. The Hall–Kier alpha value is -0.320. The maximum atomic E-state index is 11.8. The minimum Gasteiger partial charge on any atom is -0.461 e. The van der Waals surface area contributed by atoms with Gasteiger partial charge in [0.15, 0.2) is 0 Å². The highest BCUT2D eigenvalue weighted by Crippen LogP contribution is 2.55. The first-order valence-electron chi connectivity index (χ1n) is 8.18. The lowest BCUT2D eigenvalue weighted by atomic mass is 9.66. The topological polar surface area (TPSA) is 38.8 Å². The second-order valence-corrected chi connectivity index (χ2v) is 7.48. The quantitative estimate of drug-likeness (QED) is 0.747. The normalized spacial score (nSPS) is 40.1. The Kier molecular flexibility index (Phi) is 4.00. The number of carbonyl (C=O) groups excluding carboxylic acids is 1. The van der Waals surface area contributed by atoms with Crippen LogP contribution in [-0.2, 0) is 14.3 Å². The number of hydrogen-bond donors (Lipinski definition) is 0. The molecule has 0 amide bonds. The summed E-state index contributed by atoms with van der Waals surface area (Å²) in [4.78, 5) is 14.3. The molecule has 4 rings (SSSR count). The molecule has 2 saturated carbocycles. The highest BCUT2D eigenvalue weighted by atomic mass is 35.5. The molecule has 0 aromatic heterocycles. The minimum absolute atomic E-state index is 0. The van der Waals surface area contributed by atoms with E-state index in [1.165, 1.54) is 32.4 Å². The fraction of sp³-hybridized carbons (Fsp3) is 0.938. The Bertz CT molecular complexity index is 418. The third kappa shape index (κ3) is 2.71. The van der Waals surface area contributed by atoms with Crippen LogP contribution in [0.3, 0.4) is 0 Å². The van der Waals surface area contributed by atoms with Gasteiger partial charge in [0.2, 0.25) is 0 Å². The lowest BCUT2D eigenvalue weighted by molar-refractivity contribution is -0.145. The van der Waals surface area contributed by atoms with E-state index in [1.807, 2.05) is 0 Å². The maximum Gasteiger partial charge on any atom is 0.312 e. The van der Waals surface area contributed by atoms with E-state index >= 15 is 0 Å². The Morgan fingerprint density at radius 2 is 2.05 bits per heavy atom. The van der Waals surface area contributed by atoms with Crippen molar-refractivity contribution in [3.05, 3.63) is 0 Å². The summed E-state index contributed by atoms with van der Waals surface area (Å²) >= 11 is 0. The van der Waals surface area contributed by atoms with Crippen molar-refractivity contribution < 1.29 is 14.3 Å². The smallest absolute Gasteiger partial charge is 0.312 e. The van der Waals surface area contributed by atoms with Gasteiger partial charge >= 0.3 is 5.97 Å². The van der Waals surface area contributed by atoms with E-state index in [2.05, 4.69) is 11.8 Å². The first kappa shape index (κ1) is 15.6.